The SMILES string of the molecule is CC(=O)NCCN(CC(=O)Nc1ccnn1C(C)C1CC1)C(C)C(=O)O. The molecule has 2 unspecified atom stereocenters. The topological polar surface area (TPSA) is 117 Å². The first-order valence-electron chi connectivity index (χ1n) is 8.84. The molecule has 0 bridgehead atoms. The van der Waals surface area contributed by atoms with E-state index in [9.17, 15) is 19.5 Å². The number of nitrogens with one attached hydrogen (secondary N) is 2. The number of aromatic nitrogens is 2. The molecule has 9 nitrogen and oxygen atoms in total. The summed E-state index contributed by atoms with van der Waals surface area (Å²) in [5.74, 6) is -0.333. The van der Waals surface area contributed by atoms with Gasteiger partial charge in [-0.2, -0.15) is 5.10 Å². The molecule has 0 spiro atoms. The molecule has 1 aromatic rings. The lowest BCUT2D eigenvalue weighted by Crippen LogP contribution is -2.46. The van der Waals surface area contributed by atoms with Gasteiger partial charge in [-0.05, 0) is 32.6 Å². The fraction of sp³-hybridized carbons (Fsp3) is 0.647. The van der Waals surface area contributed by atoms with Crippen LogP contribution >= 0.6 is 0 Å². The van der Waals surface area contributed by atoms with Crippen LogP contribution in [0.5, 0.6) is 0 Å². The lowest BCUT2D eigenvalue weighted by atomic mass is 10.2. The van der Waals surface area contributed by atoms with E-state index in [4.69, 9.17) is 0 Å². The third-order valence-corrected chi connectivity index (χ3v) is 4.65. The smallest absolute Gasteiger partial charge is 0.320 e. The number of carbonyl (C=O) groups excluding carboxylic acids is 2. The number of carbonyl (C=O) groups is 3. The van der Waals surface area contributed by atoms with Crippen LogP contribution in [-0.4, -0.2) is 63.2 Å². The molecule has 1 fully saturated rings. The van der Waals surface area contributed by atoms with Crippen molar-refractivity contribution < 1.29 is 19.5 Å². The second kappa shape index (κ2) is 8.79. The maximum atomic E-state index is 12.4. The molecule has 1 saturated carbocycles. The number of carboxylic acids is 1. The third kappa shape index (κ3) is 5.55. The van der Waals surface area contributed by atoms with Gasteiger partial charge in [0.05, 0.1) is 18.8 Å². The van der Waals surface area contributed by atoms with Gasteiger partial charge in [-0.25, -0.2) is 4.68 Å². The van der Waals surface area contributed by atoms with Crippen LogP contribution in [0.1, 0.15) is 39.7 Å². The molecule has 2 rings (SSSR count). The lowest BCUT2D eigenvalue weighted by molar-refractivity contribution is -0.142. The summed E-state index contributed by atoms with van der Waals surface area (Å²) in [6.07, 6.45) is 3.98. The largest absolute Gasteiger partial charge is 0.480 e. The van der Waals surface area contributed by atoms with Crippen molar-refractivity contribution in [3.05, 3.63) is 12.3 Å². The highest BCUT2D eigenvalue weighted by Crippen LogP contribution is 2.40. The molecule has 0 radical (unpaired) electrons. The van der Waals surface area contributed by atoms with Crippen molar-refractivity contribution in [1.82, 2.24) is 20.0 Å². The molecule has 1 aromatic heterocycles. The molecule has 2 amide bonds. The summed E-state index contributed by atoms with van der Waals surface area (Å²) in [4.78, 5) is 36.2. The standard InChI is InChI=1S/C17H27N5O4/c1-11(14-4-5-14)22-15(6-7-19-22)20-16(24)10-21(12(2)17(25)26)9-8-18-13(3)23/h6-7,11-12,14H,4-5,8-10H2,1-3H3,(H,18,23)(H,20,24)(H,25,26). The van der Waals surface area contributed by atoms with E-state index in [-0.39, 0.29) is 37.5 Å². The molecule has 0 aliphatic heterocycles. The van der Waals surface area contributed by atoms with E-state index in [1.54, 1.807) is 16.9 Å². The van der Waals surface area contributed by atoms with Gasteiger partial charge in [0.2, 0.25) is 11.8 Å². The Morgan fingerprint density at radius 3 is 2.65 bits per heavy atom. The Bertz CT molecular complexity index is 655. The minimum absolute atomic E-state index is 0.0873. The Balaban J connectivity index is 1.96. The summed E-state index contributed by atoms with van der Waals surface area (Å²) in [5, 5.41) is 19.0. The second-order valence-electron chi connectivity index (χ2n) is 6.75. The average molecular weight is 365 g/mol. The Morgan fingerprint density at radius 2 is 2.08 bits per heavy atom. The number of hydrogen-bond acceptors (Lipinski definition) is 5. The van der Waals surface area contributed by atoms with E-state index < -0.39 is 12.0 Å². The van der Waals surface area contributed by atoms with Gasteiger partial charge in [0.25, 0.3) is 0 Å². The van der Waals surface area contributed by atoms with Crippen LogP contribution < -0.4 is 10.6 Å². The van der Waals surface area contributed by atoms with Crippen molar-refractivity contribution in [2.24, 2.45) is 5.92 Å². The first-order chi connectivity index (χ1) is 12.3. The number of aliphatic carboxylic acids is 1. The molecule has 2 atom stereocenters. The molecule has 1 aliphatic carbocycles. The zero-order valence-corrected chi connectivity index (χ0v) is 15.4. The van der Waals surface area contributed by atoms with E-state index in [0.29, 0.717) is 11.7 Å². The van der Waals surface area contributed by atoms with E-state index >= 15 is 0 Å². The fourth-order valence-corrected chi connectivity index (χ4v) is 2.82. The zero-order chi connectivity index (χ0) is 19.3. The van der Waals surface area contributed by atoms with Crippen LogP contribution in [0.15, 0.2) is 12.3 Å². The average Bonchev–Trinajstić information content (AvgIpc) is 3.32. The summed E-state index contributed by atoms with van der Waals surface area (Å²) in [6, 6.07) is 1.11. The van der Waals surface area contributed by atoms with Gasteiger partial charge in [-0.15, -0.1) is 0 Å². The van der Waals surface area contributed by atoms with Gasteiger partial charge in [0.1, 0.15) is 11.9 Å². The highest BCUT2D eigenvalue weighted by molar-refractivity contribution is 5.91. The van der Waals surface area contributed by atoms with E-state index in [2.05, 4.69) is 22.7 Å². The Kier molecular flexibility index (Phi) is 6.73. The molecular weight excluding hydrogens is 338 g/mol. The summed E-state index contributed by atoms with van der Waals surface area (Å²) < 4.78 is 1.80. The molecule has 0 saturated heterocycles. The number of amides is 2. The van der Waals surface area contributed by atoms with Crippen LogP contribution in [0.3, 0.4) is 0 Å². The number of nitrogens with zero attached hydrogens (tertiary/aromatic N) is 3. The lowest BCUT2D eigenvalue weighted by Gasteiger charge is -2.25. The normalized spacial score (nSPS) is 16.2. The Hall–Kier alpha value is -2.42. The zero-order valence-electron chi connectivity index (χ0n) is 15.4. The molecule has 3 N–H and O–H groups in total. The van der Waals surface area contributed by atoms with Crippen molar-refractivity contribution in [3.63, 3.8) is 0 Å². The van der Waals surface area contributed by atoms with E-state index in [0.717, 1.165) is 0 Å². The van der Waals surface area contributed by atoms with Gasteiger partial charge in [-0.1, -0.05) is 0 Å². The highest BCUT2D eigenvalue weighted by Gasteiger charge is 2.31. The fourth-order valence-electron chi connectivity index (χ4n) is 2.82. The molecular formula is C17H27N5O4. The van der Waals surface area contributed by atoms with Gasteiger partial charge in [-0.3, -0.25) is 19.3 Å². The van der Waals surface area contributed by atoms with Crippen molar-refractivity contribution in [1.29, 1.82) is 0 Å². The Morgan fingerprint density at radius 1 is 1.38 bits per heavy atom. The molecule has 1 aliphatic rings. The number of hydrogen-bond donors (Lipinski definition) is 3. The maximum absolute atomic E-state index is 12.4. The highest BCUT2D eigenvalue weighted by atomic mass is 16.4. The minimum Gasteiger partial charge on any atom is -0.480 e. The molecule has 26 heavy (non-hydrogen) atoms. The molecule has 1 heterocycles. The van der Waals surface area contributed by atoms with E-state index in [1.165, 1.54) is 31.6 Å². The first kappa shape index (κ1) is 19.9. The van der Waals surface area contributed by atoms with Crippen molar-refractivity contribution in [2.75, 3.05) is 25.0 Å². The minimum atomic E-state index is -1.02. The van der Waals surface area contributed by atoms with Crippen LogP contribution in [-0.2, 0) is 14.4 Å². The summed E-state index contributed by atoms with van der Waals surface area (Å²) >= 11 is 0. The predicted molar refractivity (Wildman–Crippen MR) is 95.6 cm³/mol. The molecule has 144 valence electrons. The van der Waals surface area contributed by atoms with Gasteiger partial charge in [0, 0.05) is 26.1 Å². The van der Waals surface area contributed by atoms with Crippen LogP contribution in [0, 0.1) is 5.92 Å². The molecule has 0 aromatic carbocycles. The predicted octanol–water partition coefficient (Wildman–Crippen LogP) is 0.704. The Labute approximate surface area is 152 Å². The summed E-state index contributed by atoms with van der Waals surface area (Å²) in [7, 11) is 0. The van der Waals surface area contributed by atoms with Crippen LogP contribution in [0.4, 0.5) is 5.82 Å². The second-order valence-corrected chi connectivity index (χ2v) is 6.75. The summed E-state index contributed by atoms with van der Waals surface area (Å²) in [5.41, 5.74) is 0. The van der Waals surface area contributed by atoms with Crippen molar-refractivity contribution in [3.8, 4) is 0 Å². The number of carboxylic acid groups (broad SMARTS) is 1. The quantitative estimate of drug-likeness (QED) is 0.562. The monoisotopic (exact) mass is 365 g/mol. The summed E-state index contributed by atoms with van der Waals surface area (Å²) in [6.45, 7) is 5.43. The number of rotatable bonds is 10. The van der Waals surface area contributed by atoms with Crippen LogP contribution in [0.2, 0.25) is 0 Å². The maximum Gasteiger partial charge on any atom is 0.320 e. The molecule has 9 heteroatoms. The van der Waals surface area contributed by atoms with Crippen LogP contribution in [0.25, 0.3) is 0 Å². The first-order valence-corrected chi connectivity index (χ1v) is 8.84. The van der Waals surface area contributed by atoms with E-state index in [1.807, 2.05) is 0 Å². The number of anilines is 1. The third-order valence-electron chi connectivity index (χ3n) is 4.65. The van der Waals surface area contributed by atoms with Gasteiger partial charge < -0.3 is 15.7 Å². The van der Waals surface area contributed by atoms with Crippen molar-refractivity contribution in [2.45, 2.75) is 45.7 Å². The van der Waals surface area contributed by atoms with Gasteiger partial charge >= 0.3 is 5.97 Å². The van der Waals surface area contributed by atoms with Crippen molar-refractivity contribution >= 4 is 23.6 Å². The van der Waals surface area contributed by atoms with Gasteiger partial charge in [0.15, 0.2) is 0 Å².